The van der Waals surface area contributed by atoms with E-state index in [1.165, 1.54) is 37.7 Å². The summed E-state index contributed by atoms with van der Waals surface area (Å²) in [6, 6.07) is 9.86. The summed E-state index contributed by atoms with van der Waals surface area (Å²) >= 11 is 0. The molecule has 0 spiro atoms. The summed E-state index contributed by atoms with van der Waals surface area (Å²) in [7, 11) is -1.60. The second-order valence-electron chi connectivity index (χ2n) is 9.71. The summed E-state index contributed by atoms with van der Waals surface area (Å²) in [6.45, 7) is 13.8. The molecule has 0 amide bonds. The summed E-state index contributed by atoms with van der Waals surface area (Å²) in [5, 5.41) is 0. The van der Waals surface area contributed by atoms with Crippen molar-refractivity contribution in [1.82, 2.24) is 0 Å². The molecule has 3 nitrogen and oxygen atoms in total. The van der Waals surface area contributed by atoms with E-state index in [-0.39, 0.29) is 12.2 Å². The minimum absolute atomic E-state index is 0.235. The molecule has 29 heavy (non-hydrogen) atoms. The Morgan fingerprint density at radius 1 is 0.862 bits per heavy atom. The van der Waals surface area contributed by atoms with Gasteiger partial charge in [0.1, 0.15) is 5.75 Å². The SMILES string of the molecule is CC(C)CC1CCC(c2ccc(OCCC[SiH](OC(C)C)OC(C)C)cc2)CC1. The molecule has 0 atom stereocenters. The fourth-order valence-electron chi connectivity index (χ4n) is 4.45. The van der Waals surface area contributed by atoms with Crippen molar-refractivity contribution >= 4 is 9.28 Å². The van der Waals surface area contributed by atoms with Crippen LogP contribution in [-0.4, -0.2) is 28.1 Å². The van der Waals surface area contributed by atoms with Crippen LogP contribution in [0.15, 0.2) is 24.3 Å². The maximum atomic E-state index is 5.99. The van der Waals surface area contributed by atoms with Crippen molar-refractivity contribution < 1.29 is 13.6 Å². The van der Waals surface area contributed by atoms with E-state index < -0.39 is 9.28 Å². The van der Waals surface area contributed by atoms with Crippen LogP contribution < -0.4 is 4.74 Å². The van der Waals surface area contributed by atoms with E-state index in [0.29, 0.717) is 0 Å². The third-order valence-corrected chi connectivity index (χ3v) is 8.28. The van der Waals surface area contributed by atoms with Crippen LogP contribution in [0, 0.1) is 11.8 Å². The van der Waals surface area contributed by atoms with E-state index in [2.05, 4.69) is 65.8 Å². The van der Waals surface area contributed by atoms with E-state index >= 15 is 0 Å². The van der Waals surface area contributed by atoms with Gasteiger partial charge < -0.3 is 13.6 Å². The largest absolute Gasteiger partial charge is 0.494 e. The smallest absolute Gasteiger partial charge is 0.321 e. The molecule has 2 rings (SSSR count). The van der Waals surface area contributed by atoms with Crippen molar-refractivity contribution in [1.29, 1.82) is 0 Å². The molecule has 166 valence electrons. The van der Waals surface area contributed by atoms with Crippen LogP contribution in [-0.2, 0) is 8.85 Å². The molecule has 4 heteroatoms. The zero-order valence-electron chi connectivity index (χ0n) is 19.7. The molecule has 1 saturated carbocycles. The second kappa shape index (κ2) is 12.8. The van der Waals surface area contributed by atoms with Crippen molar-refractivity contribution in [2.75, 3.05) is 6.61 Å². The molecule has 1 aromatic carbocycles. The molecule has 1 aromatic rings. The van der Waals surface area contributed by atoms with Crippen molar-refractivity contribution in [2.45, 2.75) is 104 Å². The standard InChI is InChI=1S/C25H44O3Si/c1-19(2)18-22-8-10-23(11-9-22)24-12-14-25(15-13-24)26-16-7-17-29(27-20(3)4)28-21(5)6/h12-15,19-23,29H,7-11,16-18H2,1-6H3. The Morgan fingerprint density at radius 3 is 1.97 bits per heavy atom. The lowest BCUT2D eigenvalue weighted by Gasteiger charge is -2.29. The van der Waals surface area contributed by atoms with Gasteiger partial charge in [-0.25, -0.2) is 0 Å². The quantitative estimate of drug-likeness (QED) is 0.273. The topological polar surface area (TPSA) is 27.7 Å². The highest BCUT2D eigenvalue weighted by atomic mass is 28.3. The number of ether oxygens (including phenoxy) is 1. The average molecular weight is 421 g/mol. The number of rotatable bonds is 12. The predicted octanol–water partition coefficient (Wildman–Crippen LogP) is 6.85. The van der Waals surface area contributed by atoms with Crippen molar-refractivity contribution in [2.24, 2.45) is 11.8 Å². The molecule has 0 bridgehead atoms. The maximum absolute atomic E-state index is 5.99. The van der Waals surface area contributed by atoms with E-state index in [0.717, 1.165) is 42.6 Å². The normalized spacial score (nSPS) is 20.2. The average Bonchev–Trinajstić information content (AvgIpc) is 2.65. The Kier molecular flexibility index (Phi) is 10.7. The van der Waals surface area contributed by atoms with Crippen LogP contribution in [0.25, 0.3) is 0 Å². The lowest BCUT2D eigenvalue weighted by atomic mass is 9.76. The van der Waals surface area contributed by atoms with Crippen LogP contribution in [0.5, 0.6) is 5.75 Å². The highest BCUT2D eigenvalue weighted by molar-refractivity contribution is 6.44. The van der Waals surface area contributed by atoms with Crippen molar-refractivity contribution in [3.8, 4) is 5.75 Å². The third kappa shape index (κ3) is 9.67. The summed E-state index contributed by atoms with van der Waals surface area (Å²) < 4.78 is 18.0. The molecule has 0 heterocycles. The van der Waals surface area contributed by atoms with Gasteiger partial charge in [0, 0.05) is 12.2 Å². The molecular weight excluding hydrogens is 376 g/mol. The first-order chi connectivity index (χ1) is 13.8. The number of hydrogen-bond donors (Lipinski definition) is 0. The second-order valence-corrected chi connectivity index (χ2v) is 11.7. The first-order valence-electron chi connectivity index (χ1n) is 11.9. The Balaban J connectivity index is 1.71. The molecule has 0 radical (unpaired) electrons. The van der Waals surface area contributed by atoms with Gasteiger partial charge >= 0.3 is 9.28 Å². The van der Waals surface area contributed by atoms with Gasteiger partial charge in [-0.3, -0.25) is 0 Å². The minimum atomic E-state index is -1.60. The third-order valence-electron chi connectivity index (χ3n) is 5.70. The Labute approximate surface area is 181 Å². The van der Waals surface area contributed by atoms with E-state index in [9.17, 15) is 0 Å². The highest BCUT2D eigenvalue weighted by Gasteiger charge is 2.23. The molecule has 1 aliphatic rings. The summed E-state index contributed by atoms with van der Waals surface area (Å²) in [5.74, 6) is 3.50. The zero-order chi connectivity index (χ0) is 21.2. The van der Waals surface area contributed by atoms with Gasteiger partial charge in [-0.2, -0.15) is 0 Å². The zero-order valence-corrected chi connectivity index (χ0v) is 20.8. The molecule has 0 aliphatic heterocycles. The van der Waals surface area contributed by atoms with E-state index in [1.807, 2.05) is 0 Å². The van der Waals surface area contributed by atoms with Crippen LogP contribution in [0.2, 0.25) is 6.04 Å². The van der Waals surface area contributed by atoms with Gasteiger partial charge in [0.15, 0.2) is 0 Å². The van der Waals surface area contributed by atoms with Gasteiger partial charge in [-0.15, -0.1) is 0 Å². The van der Waals surface area contributed by atoms with Crippen LogP contribution in [0.4, 0.5) is 0 Å². The van der Waals surface area contributed by atoms with Gasteiger partial charge in [-0.05, 0) is 108 Å². The van der Waals surface area contributed by atoms with Gasteiger partial charge in [0.25, 0.3) is 0 Å². The molecule has 0 unspecified atom stereocenters. The lowest BCUT2D eigenvalue weighted by molar-refractivity contribution is 0.128. The monoisotopic (exact) mass is 420 g/mol. The van der Waals surface area contributed by atoms with E-state index in [1.54, 1.807) is 0 Å². The van der Waals surface area contributed by atoms with Crippen molar-refractivity contribution in [3.63, 3.8) is 0 Å². The van der Waals surface area contributed by atoms with E-state index in [4.69, 9.17) is 13.6 Å². The fourth-order valence-corrected chi connectivity index (χ4v) is 6.50. The van der Waals surface area contributed by atoms with Gasteiger partial charge in [0.2, 0.25) is 0 Å². The predicted molar refractivity (Wildman–Crippen MR) is 125 cm³/mol. The highest BCUT2D eigenvalue weighted by Crippen LogP contribution is 2.38. The molecule has 1 fully saturated rings. The first-order valence-corrected chi connectivity index (χ1v) is 13.6. The Morgan fingerprint density at radius 2 is 1.45 bits per heavy atom. The maximum Gasteiger partial charge on any atom is 0.321 e. The van der Waals surface area contributed by atoms with Crippen LogP contribution in [0.1, 0.15) is 91.5 Å². The fraction of sp³-hybridized carbons (Fsp3) is 0.760. The molecule has 0 aromatic heterocycles. The Hall–Kier alpha value is -0.843. The first kappa shape index (κ1) is 24.4. The Bertz CT molecular complexity index is 538. The van der Waals surface area contributed by atoms with Crippen LogP contribution >= 0.6 is 0 Å². The molecular formula is C25H44O3Si. The van der Waals surface area contributed by atoms with Gasteiger partial charge in [0.05, 0.1) is 6.61 Å². The summed E-state index contributed by atoms with van der Waals surface area (Å²) in [4.78, 5) is 0. The summed E-state index contributed by atoms with van der Waals surface area (Å²) in [5.41, 5.74) is 1.49. The lowest BCUT2D eigenvalue weighted by Crippen LogP contribution is -2.29. The number of hydrogen-bond acceptors (Lipinski definition) is 3. The van der Waals surface area contributed by atoms with Crippen molar-refractivity contribution in [3.05, 3.63) is 29.8 Å². The van der Waals surface area contributed by atoms with Crippen LogP contribution in [0.3, 0.4) is 0 Å². The minimum Gasteiger partial charge on any atom is -0.494 e. The molecule has 0 saturated heterocycles. The summed E-state index contributed by atoms with van der Waals surface area (Å²) in [6.07, 6.45) is 8.32. The number of benzene rings is 1. The van der Waals surface area contributed by atoms with Gasteiger partial charge in [-0.1, -0.05) is 26.0 Å². The molecule has 1 aliphatic carbocycles. The molecule has 0 N–H and O–H groups in total.